The number of fused-ring (bicyclic) bond motifs is 3. The van der Waals surface area contributed by atoms with E-state index in [1.54, 1.807) is 0 Å². The lowest BCUT2D eigenvalue weighted by Gasteiger charge is -2.45. The number of hydrogen-bond donors (Lipinski definition) is 2. The summed E-state index contributed by atoms with van der Waals surface area (Å²) in [5.74, 6) is 2.05. The monoisotopic (exact) mass is 234 g/mol. The molecular formula is C13H22N4. The molecule has 0 amide bonds. The highest BCUT2D eigenvalue weighted by atomic mass is 15.2. The van der Waals surface area contributed by atoms with Gasteiger partial charge in [-0.2, -0.15) is 0 Å². The second-order valence-corrected chi connectivity index (χ2v) is 5.34. The first-order valence-electron chi connectivity index (χ1n) is 6.86. The van der Waals surface area contributed by atoms with Gasteiger partial charge in [-0.25, -0.2) is 4.98 Å². The highest BCUT2D eigenvalue weighted by molar-refractivity contribution is 4.91. The quantitative estimate of drug-likeness (QED) is 0.748. The van der Waals surface area contributed by atoms with Crippen molar-refractivity contribution in [2.45, 2.75) is 31.7 Å². The summed E-state index contributed by atoms with van der Waals surface area (Å²) < 4.78 is 0. The molecule has 3 aliphatic rings. The molecule has 0 saturated carbocycles. The maximum atomic E-state index is 4.25. The highest BCUT2D eigenvalue weighted by Crippen LogP contribution is 2.27. The molecule has 3 saturated heterocycles. The molecule has 0 aliphatic carbocycles. The average molecular weight is 234 g/mol. The van der Waals surface area contributed by atoms with Crippen LogP contribution in [-0.4, -0.2) is 47.1 Å². The van der Waals surface area contributed by atoms with Gasteiger partial charge in [0.05, 0.1) is 0 Å². The van der Waals surface area contributed by atoms with E-state index in [0.717, 1.165) is 30.7 Å². The van der Waals surface area contributed by atoms with Crippen molar-refractivity contribution in [3.63, 3.8) is 0 Å². The molecule has 1 aromatic heterocycles. The third kappa shape index (κ3) is 2.69. The van der Waals surface area contributed by atoms with E-state index in [-0.39, 0.29) is 0 Å². The summed E-state index contributed by atoms with van der Waals surface area (Å²) in [5.41, 5.74) is 0. The first-order chi connectivity index (χ1) is 8.42. The summed E-state index contributed by atoms with van der Waals surface area (Å²) >= 11 is 0. The SMILES string of the molecule is c1c[nH]c(CCCNC2CN3CCC2CC3)n1. The summed E-state index contributed by atoms with van der Waals surface area (Å²) in [5, 5.41) is 3.73. The zero-order valence-electron chi connectivity index (χ0n) is 10.4. The molecule has 1 atom stereocenters. The van der Waals surface area contributed by atoms with Gasteiger partial charge in [-0.1, -0.05) is 0 Å². The molecule has 0 spiro atoms. The molecule has 3 aliphatic heterocycles. The fraction of sp³-hybridized carbons (Fsp3) is 0.769. The van der Waals surface area contributed by atoms with Crippen molar-refractivity contribution >= 4 is 0 Å². The van der Waals surface area contributed by atoms with Gasteiger partial charge in [-0.3, -0.25) is 0 Å². The molecule has 2 bridgehead atoms. The van der Waals surface area contributed by atoms with Crippen molar-refractivity contribution in [3.8, 4) is 0 Å². The Bertz CT molecular complexity index is 327. The van der Waals surface area contributed by atoms with Crippen LogP contribution in [0, 0.1) is 5.92 Å². The fourth-order valence-electron chi connectivity index (χ4n) is 3.17. The van der Waals surface area contributed by atoms with Crippen molar-refractivity contribution < 1.29 is 0 Å². The Morgan fingerprint density at radius 1 is 1.41 bits per heavy atom. The maximum Gasteiger partial charge on any atom is 0.106 e. The zero-order valence-corrected chi connectivity index (χ0v) is 10.4. The van der Waals surface area contributed by atoms with Crippen LogP contribution in [0.15, 0.2) is 12.4 Å². The van der Waals surface area contributed by atoms with Crippen LogP contribution >= 0.6 is 0 Å². The van der Waals surface area contributed by atoms with E-state index in [9.17, 15) is 0 Å². The maximum absolute atomic E-state index is 4.25. The molecule has 0 aromatic carbocycles. The van der Waals surface area contributed by atoms with Crippen LogP contribution in [0.25, 0.3) is 0 Å². The Morgan fingerprint density at radius 3 is 2.94 bits per heavy atom. The number of rotatable bonds is 5. The van der Waals surface area contributed by atoms with Gasteiger partial charge >= 0.3 is 0 Å². The predicted molar refractivity (Wildman–Crippen MR) is 67.9 cm³/mol. The lowest BCUT2D eigenvalue weighted by molar-refractivity contribution is 0.0728. The summed E-state index contributed by atoms with van der Waals surface area (Å²) in [4.78, 5) is 10.0. The fourth-order valence-corrected chi connectivity index (χ4v) is 3.17. The molecule has 0 radical (unpaired) electrons. The molecule has 94 valence electrons. The normalized spacial score (nSPS) is 31.9. The number of nitrogens with zero attached hydrogens (tertiary/aromatic N) is 2. The van der Waals surface area contributed by atoms with E-state index >= 15 is 0 Å². The van der Waals surface area contributed by atoms with Crippen LogP contribution in [0.3, 0.4) is 0 Å². The second-order valence-electron chi connectivity index (χ2n) is 5.34. The van der Waals surface area contributed by atoms with Crippen molar-refractivity contribution in [3.05, 3.63) is 18.2 Å². The van der Waals surface area contributed by atoms with Gasteiger partial charge in [0.1, 0.15) is 5.82 Å². The third-order valence-electron chi connectivity index (χ3n) is 4.21. The van der Waals surface area contributed by atoms with Crippen LogP contribution in [0.5, 0.6) is 0 Å². The molecular weight excluding hydrogens is 212 g/mol. The minimum atomic E-state index is 0.745. The van der Waals surface area contributed by atoms with Gasteiger partial charge in [0, 0.05) is 31.4 Å². The number of piperidine rings is 3. The summed E-state index contributed by atoms with van der Waals surface area (Å²) in [6, 6.07) is 0.745. The van der Waals surface area contributed by atoms with Gasteiger partial charge < -0.3 is 15.2 Å². The highest BCUT2D eigenvalue weighted by Gasteiger charge is 2.33. The smallest absolute Gasteiger partial charge is 0.106 e. The summed E-state index contributed by atoms with van der Waals surface area (Å²) in [7, 11) is 0. The Labute approximate surface area is 103 Å². The number of nitrogens with one attached hydrogen (secondary N) is 2. The predicted octanol–water partition coefficient (Wildman–Crippen LogP) is 1.03. The van der Waals surface area contributed by atoms with Crippen LogP contribution in [0.4, 0.5) is 0 Å². The van der Waals surface area contributed by atoms with Crippen LogP contribution in [-0.2, 0) is 6.42 Å². The van der Waals surface area contributed by atoms with Crippen LogP contribution in [0.1, 0.15) is 25.1 Å². The lowest BCUT2D eigenvalue weighted by atomic mass is 9.84. The summed E-state index contributed by atoms with van der Waals surface area (Å²) in [6.07, 6.45) is 8.76. The number of imidazole rings is 1. The Kier molecular flexibility index (Phi) is 3.43. The second kappa shape index (κ2) is 5.19. The largest absolute Gasteiger partial charge is 0.349 e. The van der Waals surface area contributed by atoms with Gasteiger partial charge in [-0.05, 0) is 44.8 Å². The topological polar surface area (TPSA) is 44.0 Å². The number of aromatic amines is 1. The van der Waals surface area contributed by atoms with E-state index in [2.05, 4.69) is 20.2 Å². The first kappa shape index (κ1) is 11.2. The van der Waals surface area contributed by atoms with E-state index < -0.39 is 0 Å². The molecule has 4 nitrogen and oxygen atoms in total. The Hall–Kier alpha value is -0.870. The summed E-state index contributed by atoms with van der Waals surface area (Å²) in [6.45, 7) is 5.05. The number of hydrogen-bond acceptors (Lipinski definition) is 3. The molecule has 3 fully saturated rings. The van der Waals surface area contributed by atoms with Crippen LogP contribution in [0.2, 0.25) is 0 Å². The van der Waals surface area contributed by atoms with Crippen molar-refractivity contribution in [1.29, 1.82) is 0 Å². The number of aryl methyl sites for hydroxylation is 1. The molecule has 1 aromatic rings. The minimum absolute atomic E-state index is 0.745. The molecule has 4 heteroatoms. The van der Waals surface area contributed by atoms with E-state index in [0.29, 0.717) is 0 Å². The number of aromatic nitrogens is 2. The zero-order chi connectivity index (χ0) is 11.5. The van der Waals surface area contributed by atoms with Crippen molar-refractivity contribution in [2.75, 3.05) is 26.2 Å². The molecule has 4 rings (SSSR count). The van der Waals surface area contributed by atoms with Gasteiger partial charge in [0.25, 0.3) is 0 Å². The van der Waals surface area contributed by atoms with E-state index in [1.165, 1.54) is 38.9 Å². The van der Waals surface area contributed by atoms with Gasteiger partial charge in [0.2, 0.25) is 0 Å². The van der Waals surface area contributed by atoms with Crippen LogP contribution < -0.4 is 5.32 Å². The molecule has 2 N–H and O–H groups in total. The minimum Gasteiger partial charge on any atom is -0.349 e. The van der Waals surface area contributed by atoms with Gasteiger partial charge in [-0.15, -0.1) is 0 Å². The molecule has 17 heavy (non-hydrogen) atoms. The van der Waals surface area contributed by atoms with Crippen molar-refractivity contribution in [1.82, 2.24) is 20.2 Å². The van der Waals surface area contributed by atoms with E-state index in [4.69, 9.17) is 0 Å². The Balaban J connectivity index is 1.37. The standard InChI is InChI=1S/C13H22N4/c1(2-13-15-6-7-16-13)5-14-12-10-17-8-3-11(12)4-9-17/h6-7,11-12,14H,1-5,8-10H2,(H,15,16). The molecule has 4 heterocycles. The average Bonchev–Trinajstić information content (AvgIpc) is 2.89. The first-order valence-corrected chi connectivity index (χ1v) is 6.86. The number of H-pyrrole nitrogens is 1. The third-order valence-corrected chi connectivity index (χ3v) is 4.21. The van der Waals surface area contributed by atoms with E-state index in [1.807, 2.05) is 12.4 Å². The lowest BCUT2D eigenvalue weighted by Crippen LogP contribution is -2.56. The van der Waals surface area contributed by atoms with Gasteiger partial charge in [0.15, 0.2) is 0 Å². The Morgan fingerprint density at radius 2 is 2.29 bits per heavy atom. The van der Waals surface area contributed by atoms with Crippen molar-refractivity contribution in [2.24, 2.45) is 5.92 Å². The molecule has 1 unspecified atom stereocenters.